The summed E-state index contributed by atoms with van der Waals surface area (Å²) >= 11 is 0. The highest BCUT2D eigenvalue weighted by Gasteiger charge is 2.17. The van der Waals surface area contributed by atoms with E-state index >= 15 is 0 Å². The van der Waals surface area contributed by atoms with Crippen LogP contribution in [0.2, 0.25) is 0 Å². The number of likely N-dealkylation sites (tertiary alicyclic amines) is 1. The van der Waals surface area contributed by atoms with Crippen LogP contribution in [0.4, 0.5) is 4.79 Å². The molecule has 5 heteroatoms. The van der Waals surface area contributed by atoms with Crippen LogP contribution in [0.1, 0.15) is 18.5 Å². The number of nitrogens with zero attached hydrogens (tertiary/aromatic N) is 2. The van der Waals surface area contributed by atoms with Crippen molar-refractivity contribution >= 4 is 6.03 Å². The molecular weight excluding hydrogens is 252 g/mol. The van der Waals surface area contributed by atoms with Crippen molar-refractivity contribution in [1.29, 1.82) is 0 Å². The minimum atomic E-state index is 0.0124. The summed E-state index contributed by atoms with van der Waals surface area (Å²) in [5, 5.41) is 10.2. The third-order valence-electron chi connectivity index (χ3n) is 3.52. The molecule has 0 saturated carbocycles. The maximum Gasteiger partial charge on any atom is 0.317 e. The van der Waals surface area contributed by atoms with Crippen LogP contribution in [0.3, 0.4) is 0 Å². The van der Waals surface area contributed by atoms with Gasteiger partial charge in [0.15, 0.2) is 0 Å². The van der Waals surface area contributed by atoms with Gasteiger partial charge >= 0.3 is 6.03 Å². The number of H-pyrrole nitrogens is 1. The Morgan fingerprint density at radius 1 is 1.25 bits per heavy atom. The van der Waals surface area contributed by atoms with Crippen molar-refractivity contribution in [3.05, 3.63) is 42.1 Å². The fraction of sp³-hybridized carbons (Fsp3) is 0.333. The van der Waals surface area contributed by atoms with Gasteiger partial charge in [0.1, 0.15) is 0 Å². The summed E-state index contributed by atoms with van der Waals surface area (Å²) in [4.78, 5) is 13.7. The maximum atomic E-state index is 11.9. The Kier molecular flexibility index (Phi) is 3.67. The van der Waals surface area contributed by atoms with Crippen molar-refractivity contribution < 1.29 is 4.79 Å². The van der Waals surface area contributed by atoms with Crippen LogP contribution in [0, 0.1) is 0 Å². The van der Waals surface area contributed by atoms with E-state index in [4.69, 9.17) is 0 Å². The summed E-state index contributed by atoms with van der Waals surface area (Å²) in [7, 11) is 0. The summed E-state index contributed by atoms with van der Waals surface area (Å²) in [5.41, 5.74) is 2.88. The topological polar surface area (TPSA) is 61.0 Å². The average molecular weight is 270 g/mol. The van der Waals surface area contributed by atoms with Crippen LogP contribution in [0.25, 0.3) is 11.3 Å². The minimum Gasteiger partial charge on any atom is -0.332 e. The molecule has 20 heavy (non-hydrogen) atoms. The molecule has 2 N–H and O–H groups in total. The molecule has 2 heterocycles. The first kappa shape index (κ1) is 12.7. The van der Waals surface area contributed by atoms with E-state index in [0.29, 0.717) is 6.54 Å². The smallest absolute Gasteiger partial charge is 0.317 e. The highest BCUT2D eigenvalue weighted by molar-refractivity contribution is 5.74. The first-order valence-corrected chi connectivity index (χ1v) is 6.95. The van der Waals surface area contributed by atoms with Gasteiger partial charge in [0.25, 0.3) is 0 Å². The predicted molar refractivity (Wildman–Crippen MR) is 77.1 cm³/mol. The van der Waals surface area contributed by atoms with Gasteiger partial charge < -0.3 is 10.2 Å². The molecule has 0 unspecified atom stereocenters. The lowest BCUT2D eigenvalue weighted by atomic mass is 10.1. The predicted octanol–water partition coefficient (Wildman–Crippen LogP) is 2.38. The first-order valence-electron chi connectivity index (χ1n) is 6.95. The van der Waals surface area contributed by atoms with Crippen LogP contribution in [-0.4, -0.2) is 34.2 Å². The van der Waals surface area contributed by atoms with Crippen LogP contribution in [0.15, 0.2) is 36.4 Å². The molecule has 104 valence electrons. The highest BCUT2D eigenvalue weighted by Crippen LogP contribution is 2.16. The number of benzene rings is 1. The summed E-state index contributed by atoms with van der Waals surface area (Å²) in [6, 6.07) is 12.0. The van der Waals surface area contributed by atoms with Crippen molar-refractivity contribution in [3.63, 3.8) is 0 Å². The monoisotopic (exact) mass is 270 g/mol. The Labute approximate surface area is 118 Å². The minimum absolute atomic E-state index is 0.0124. The van der Waals surface area contributed by atoms with Crippen LogP contribution < -0.4 is 5.32 Å². The van der Waals surface area contributed by atoms with Crippen molar-refractivity contribution in [2.45, 2.75) is 19.4 Å². The van der Waals surface area contributed by atoms with Gasteiger partial charge in [0.2, 0.25) is 0 Å². The first-order chi connectivity index (χ1) is 9.83. The molecule has 1 aromatic heterocycles. The van der Waals surface area contributed by atoms with Crippen molar-refractivity contribution in [2.75, 3.05) is 13.1 Å². The summed E-state index contributed by atoms with van der Waals surface area (Å²) < 4.78 is 0. The fourth-order valence-electron chi connectivity index (χ4n) is 2.41. The number of carbonyl (C=O) groups is 1. The Balaban J connectivity index is 1.59. The van der Waals surface area contributed by atoms with E-state index in [0.717, 1.165) is 42.9 Å². The molecule has 1 aliphatic heterocycles. The van der Waals surface area contributed by atoms with E-state index in [1.807, 2.05) is 41.3 Å². The summed E-state index contributed by atoms with van der Waals surface area (Å²) in [6.45, 7) is 2.21. The molecule has 1 saturated heterocycles. The lowest BCUT2D eigenvalue weighted by Gasteiger charge is -2.15. The number of urea groups is 1. The number of hydrogen-bond donors (Lipinski definition) is 2. The van der Waals surface area contributed by atoms with E-state index in [1.54, 1.807) is 0 Å². The quantitative estimate of drug-likeness (QED) is 0.899. The molecule has 5 nitrogen and oxygen atoms in total. The summed E-state index contributed by atoms with van der Waals surface area (Å²) in [6.07, 6.45) is 2.21. The molecule has 0 aliphatic carbocycles. The van der Waals surface area contributed by atoms with Gasteiger partial charge in [-0.15, -0.1) is 0 Å². The molecule has 1 fully saturated rings. The van der Waals surface area contributed by atoms with Gasteiger partial charge in [-0.05, 0) is 18.9 Å². The lowest BCUT2D eigenvalue weighted by Crippen LogP contribution is -2.37. The zero-order valence-electron chi connectivity index (χ0n) is 11.3. The molecule has 2 aromatic rings. The number of hydrogen-bond acceptors (Lipinski definition) is 2. The Hall–Kier alpha value is -2.30. The molecular formula is C15H18N4O. The molecule has 2 amide bonds. The van der Waals surface area contributed by atoms with Crippen molar-refractivity contribution in [3.8, 4) is 11.3 Å². The SMILES string of the molecule is O=C(NCc1cc(-c2ccccc2)n[nH]1)N1CCCC1. The zero-order valence-corrected chi connectivity index (χ0v) is 11.3. The number of nitrogens with one attached hydrogen (secondary N) is 2. The van der Waals surface area contributed by atoms with Crippen molar-refractivity contribution in [2.24, 2.45) is 0 Å². The third kappa shape index (κ3) is 2.82. The van der Waals surface area contributed by atoms with Gasteiger partial charge in [-0.3, -0.25) is 5.10 Å². The second-order valence-electron chi connectivity index (χ2n) is 5.00. The van der Waals surface area contributed by atoms with Gasteiger partial charge in [-0.1, -0.05) is 30.3 Å². The molecule has 3 rings (SSSR count). The second kappa shape index (κ2) is 5.77. The normalized spacial score (nSPS) is 14.5. The van der Waals surface area contributed by atoms with E-state index in [9.17, 15) is 4.79 Å². The zero-order chi connectivity index (χ0) is 13.8. The van der Waals surface area contributed by atoms with Crippen LogP contribution in [-0.2, 0) is 6.54 Å². The molecule has 0 atom stereocenters. The maximum absolute atomic E-state index is 11.9. The number of amides is 2. The number of aromatic amines is 1. The lowest BCUT2D eigenvalue weighted by molar-refractivity contribution is 0.208. The molecule has 1 aliphatic rings. The summed E-state index contributed by atoms with van der Waals surface area (Å²) in [5.74, 6) is 0. The Morgan fingerprint density at radius 2 is 2.00 bits per heavy atom. The van der Waals surface area contributed by atoms with Gasteiger partial charge in [-0.25, -0.2) is 4.79 Å². The highest BCUT2D eigenvalue weighted by atomic mass is 16.2. The molecule has 0 spiro atoms. The van der Waals surface area contributed by atoms with Gasteiger partial charge in [0, 0.05) is 18.7 Å². The molecule has 1 aromatic carbocycles. The number of carbonyl (C=O) groups excluding carboxylic acids is 1. The van der Waals surface area contributed by atoms with Gasteiger partial charge in [0.05, 0.1) is 17.9 Å². The van der Waals surface area contributed by atoms with Crippen molar-refractivity contribution in [1.82, 2.24) is 20.4 Å². The average Bonchev–Trinajstić information content (AvgIpc) is 3.17. The van der Waals surface area contributed by atoms with Crippen LogP contribution >= 0.6 is 0 Å². The van der Waals surface area contributed by atoms with E-state index < -0.39 is 0 Å². The molecule has 0 bridgehead atoms. The van der Waals surface area contributed by atoms with Gasteiger partial charge in [-0.2, -0.15) is 5.10 Å². The number of rotatable bonds is 3. The van der Waals surface area contributed by atoms with E-state index in [2.05, 4.69) is 15.5 Å². The Bertz CT molecular complexity index is 573. The largest absolute Gasteiger partial charge is 0.332 e. The Morgan fingerprint density at radius 3 is 2.75 bits per heavy atom. The van der Waals surface area contributed by atoms with E-state index in [1.165, 1.54) is 0 Å². The van der Waals surface area contributed by atoms with E-state index in [-0.39, 0.29) is 6.03 Å². The fourth-order valence-corrected chi connectivity index (χ4v) is 2.41. The second-order valence-corrected chi connectivity index (χ2v) is 5.00. The number of aromatic nitrogens is 2. The third-order valence-corrected chi connectivity index (χ3v) is 3.52. The van der Waals surface area contributed by atoms with Crippen LogP contribution in [0.5, 0.6) is 0 Å². The standard InChI is InChI=1S/C15H18N4O/c20-15(19-8-4-5-9-19)16-11-13-10-14(18-17-13)12-6-2-1-3-7-12/h1-3,6-7,10H,4-5,8-9,11H2,(H,16,20)(H,17,18). The molecule has 0 radical (unpaired) electrons.